The topological polar surface area (TPSA) is 32.9 Å². The van der Waals surface area contributed by atoms with Gasteiger partial charge in [-0.05, 0) is 173 Å². The van der Waals surface area contributed by atoms with Gasteiger partial charge in [0.25, 0.3) is 0 Å². The third kappa shape index (κ3) is 8.42. The number of thiophene rings is 1. The number of hydrogen-bond donors (Lipinski definition) is 0. The van der Waals surface area contributed by atoms with Crippen molar-refractivity contribution in [2.24, 2.45) is 0 Å². The molecule has 0 amide bonds. The number of aromatic nitrogens is 4. The van der Waals surface area contributed by atoms with Crippen molar-refractivity contribution in [1.82, 2.24) is 18.3 Å². The van der Waals surface area contributed by atoms with E-state index in [1.807, 2.05) is 23.5 Å². The molecule has 0 aliphatic heterocycles. The van der Waals surface area contributed by atoms with Crippen LogP contribution in [0.2, 0.25) is 0 Å². The van der Waals surface area contributed by atoms with Gasteiger partial charge >= 0.3 is 0 Å². The fourth-order valence-electron chi connectivity index (χ4n) is 15.5. The second-order valence-corrected chi connectivity index (χ2v) is 26.2. The monoisotopic (exact) mass is 1240 g/mol. The summed E-state index contributed by atoms with van der Waals surface area (Å²) in [5, 5.41) is 14.9. The Morgan fingerprint density at radius 2 is 0.542 bits per heavy atom. The third-order valence-electron chi connectivity index (χ3n) is 19.8. The van der Waals surface area contributed by atoms with E-state index in [1.54, 1.807) is 0 Å². The first-order valence-electron chi connectivity index (χ1n) is 32.8. The Kier molecular flexibility index (Phi) is 12.1. The molecule has 15 aromatic carbocycles. The third-order valence-corrected chi connectivity index (χ3v) is 21.0. The van der Waals surface area contributed by atoms with Crippen molar-refractivity contribution in [3.05, 3.63) is 340 Å². The van der Waals surface area contributed by atoms with Crippen molar-refractivity contribution >= 4 is 141 Å². The molecule has 0 N–H and O–H groups in total. The Morgan fingerprint density at radius 1 is 0.198 bits per heavy atom. The van der Waals surface area contributed by atoms with E-state index in [1.165, 1.54) is 147 Å². The summed E-state index contributed by atoms with van der Waals surface area (Å²) in [7, 11) is 0. The maximum atomic E-state index is 6.49. The Morgan fingerprint density at radius 3 is 1.06 bits per heavy atom. The highest BCUT2D eigenvalue weighted by Gasteiger charge is 2.21. The first kappa shape index (κ1) is 54.1. The molecule has 6 heterocycles. The second-order valence-electron chi connectivity index (χ2n) is 25.1. The van der Waals surface area contributed by atoms with Crippen molar-refractivity contribution in [3.8, 4) is 56.1 Å². The smallest absolute Gasteiger partial charge is 0.159 e. The van der Waals surface area contributed by atoms with Crippen molar-refractivity contribution in [1.29, 1.82) is 0 Å². The summed E-state index contributed by atoms with van der Waals surface area (Å²) in [6.45, 7) is 0. The van der Waals surface area contributed by atoms with Crippen molar-refractivity contribution in [2.45, 2.75) is 0 Å². The molecule has 21 aromatic rings. The fourth-order valence-corrected chi connectivity index (χ4v) is 16.6. The van der Waals surface area contributed by atoms with E-state index in [0.29, 0.717) is 0 Å². The molecule has 0 saturated heterocycles. The zero-order valence-corrected chi connectivity index (χ0v) is 52.8. The summed E-state index contributed by atoms with van der Waals surface area (Å²) >= 11 is 1.86. The molecular weight excluding hydrogens is 1190 g/mol. The van der Waals surface area contributed by atoms with Crippen LogP contribution in [0.25, 0.3) is 185 Å². The first-order chi connectivity index (χ1) is 47.6. The van der Waals surface area contributed by atoms with Crippen LogP contribution in [0.1, 0.15) is 0 Å². The summed E-state index contributed by atoms with van der Waals surface area (Å²) < 4.78 is 18.7. The molecule has 0 saturated carbocycles. The van der Waals surface area contributed by atoms with E-state index in [2.05, 4.69) is 346 Å². The van der Waals surface area contributed by atoms with Crippen LogP contribution in [-0.2, 0) is 0 Å². The van der Waals surface area contributed by atoms with Crippen LogP contribution in [0.3, 0.4) is 0 Å². The van der Waals surface area contributed by atoms with E-state index in [9.17, 15) is 0 Å². The van der Waals surface area contributed by atoms with Crippen molar-refractivity contribution in [3.63, 3.8) is 0 Å². The Bertz CT molecular complexity index is 6710. The van der Waals surface area contributed by atoms with Gasteiger partial charge in [-0.2, -0.15) is 0 Å². The van der Waals surface area contributed by atoms with Crippen LogP contribution in [0.15, 0.2) is 344 Å². The Balaban J connectivity index is 0.000000132. The van der Waals surface area contributed by atoms with Gasteiger partial charge in [-0.3, -0.25) is 0 Å². The Labute approximate surface area is 555 Å². The van der Waals surface area contributed by atoms with Gasteiger partial charge in [0.15, 0.2) is 5.58 Å². The lowest BCUT2D eigenvalue weighted by molar-refractivity contribution is 0.666. The molecule has 0 fully saturated rings. The minimum absolute atomic E-state index is 0.908. The van der Waals surface area contributed by atoms with Crippen LogP contribution in [0, 0.1) is 0 Å². The first-order valence-corrected chi connectivity index (χ1v) is 33.6. The molecule has 0 bridgehead atoms. The molecule has 6 heteroatoms. The molecule has 0 spiro atoms. The fraction of sp³-hybridized carbons (Fsp3) is 0. The minimum atomic E-state index is 0.908. The number of furan rings is 1. The molecule has 5 nitrogen and oxygen atoms in total. The van der Waals surface area contributed by atoms with Gasteiger partial charge in [0.2, 0.25) is 0 Å². The number of fused-ring (bicyclic) bond motifs is 18. The van der Waals surface area contributed by atoms with Crippen LogP contribution >= 0.6 is 11.3 Å². The van der Waals surface area contributed by atoms with Gasteiger partial charge in [0.05, 0.1) is 49.8 Å². The molecule has 0 unspecified atom stereocenters. The summed E-state index contributed by atoms with van der Waals surface area (Å²) in [6.07, 6.45) is 0. The van der Waals surface area contributed by atoms with Crippen LogP contribution in [-0.4, -0.2) is 18.3 Å². The largest absolute Gasteiger partial charge is 0.454 e. The van der Waals surface area contributed by atoms with Gasteiger partial charge in [-0.15, -0.1) is 11.3 Å². The van der Waals surface area contributed by atoms with E-state index in [4.69, 9.17) is 4.42 Å². The average Bonchev–Trinajstić information content (AvgIpc) is 1.59. The number of hydrogen-bond acceptors (Lipinski definition) is 2. The quantitative estimate of drug-likeness (QED) is 0.157. The zero-order valence-electron chi connectivity index (χ0n) is 51.9. The molecule has 0 radical (unpaired) electrons. The van der Waals surface area contributed by atoms with Crippen LogP contribution in [0.4, 0.5) is 0 Å². The summed E-state index contributed by atoms with van der Waals surface area (Å²) in [5.41, 5.74) is 23.3. The SMILES string of the molecule is c1ccc(-n2c3ccccc3c3cc(-c4ccc5c(c4)c4ccccc4n5-c4cccc(-c5ccc6sc7ccccc7c6c5)c4)ccc32)cc1.c1ccc(-n2c3ccccc3c3cc(-c4ccc5c(c4)c4ccccc4n5-c4cccc5c4oc4ccccc45)ccc32)cc1. The molecular formula is C90H56N4OS. The predicted octanol–water partition coefficient (Wildman–Crippen LogP) is 25.0. The number of benzene rings is 15. The number of para-hydroxylation sites is 8. The molecule has 0 aliphatic rings. The van der Waals surface area contributed by atoms with Crippen molar-refractivity contribution < 1.29 is 4.42 Å². The normalized spacial score (nSPS) is 12.0. The van der Waals surface area contributed by atoms with Gasteiger partial charge in [-0.25, -0.2) is 0 Å². The summed E-state index contributed by atoms with van der Waals surface area (Å²) in [5.74, 6) is 0. The highest BCUT2D eigenvalue weighted by molar-refractivity contribution is 7.25. The predicted molar refractivity (Wildman–Crippen MR) is 407 cm³/mol. The van der Waals surface area contributed by atoms with E-state index in [0.717, 1.165) is 38.8 Å². The van der Waals surface area contributed by atoms with Crippen LogP contribution < -0.4 is 0 Å². The second kappa shape index (κ2) is 21.6. The van der Waals surface area contributed by atoms with E-state index < -0.39 is 0 Å². The Hall–Kier alpha value is -12.5. The molecule has 21 rings (SSSR count). The van der Waals surface area contributed by atoms with Gasteiger partial charge in [0.1, 0.15) is 5.58 Å². The molecule has 448 valence electrons. The van der Waals surface area contributed by atoms with Gasteiger partial charge in [0, 0.05) is 91.1 Å². The van der Waals surface area contributed by atoms with Crippen LogP contribution in [0.5, 0.6) is 0 Å². The molecule has 96 heavy (non-hydrogen) atoms. The maximum absolute atomic E-state index is 6.49. The average molecular weight is 1240 g/mol. The molecule has 6 aromatic heterocycles. The van der Waals surface area contributed by atoms with Gasteiger partial charge < -0.3 is 22.7 Å². The highest BCUT2D eigenvalue weighted by Crippen LogP contribution is 2.44. The summed E-state index contributed by atoms with van der Waals surface area (Å²) in [4.78, 5) is 0. The standard InChI is InChI=1S/C48H30N2S.C42H26N2O/c1-2-12-35(13-3-1)49-43-18-7-4-15-37(43)40-28-32(21-24-45(40)49)33-22-25-46-41(29-33)38-16-5-8-19-44(38)50(46)36-14-10-11-31(27-36)34-23-26-48-42(30-34)39-17-6-9-20-47(39)51-48;1-2-11-29(12-3-1)43-36-17-7-4-13-30(36)34-25-27(21-23-38(34)43)28-22-24-39-35(26-28)31-14-5-8-18-37(31)44(39)40-19-10-16-33-32-15-6-9-20-41(32)45-42(33)40/h1-30H;1-26H. The van der Waals surface area contributed by atoms with E-state index >= 15 is 0 Å². The number of nitrogens with zero attached hydrogens (tertiary/aromatic N) is 4. The van der Waals surface area contributed by atoms with Gasteiger partial charge in [-0.1, -0.05) is 200 Å². The molecule has 0 atom stereocenters. The maximum Gasteiger partial charge on any atom is 0.159 e. The summed E-state index contributed by atoms with van der Waals surface area (Å²) in [6, 6.07) is 123. The lowest BCUT2D eigenvalue weighted by Crippen LogP contribution is -1.94. The molecule has 0 aliphatic carbocycles. The lowest BCUT2D eigenvalue weighted by atomic mass is 10.0. The number of rotatable bonds is 7. The van der Waals surface area contributed by atoms with E-state index in [-0.39, 0.29) is 0 Å². The minimum Gasteiger partial charge on any atom is -0.454 e. The zero-order chi connectivity index (χ0) is 63.0. The lowest BCUT2D eigenvalue weighted by Gasteiger charge is -2.11. The van der Waals surface area contributed by atoms with Crippen molar-refractivity contribution in [2.75, 3.05) is 0 Å². The highest BCUT2D eigenvalue weighted by atomic mass is 32.1.